The molecule has 2 N–H and O–H groups in total. The van der Waals surface area contributed by atoms with Crippen molar-refractivity contribution in [2.45, 2.75) is 53.1 Å². The summed E-state index contributed by atoms with van der Waals surface area (Å²) in [5.41, 5.74) is 5.90. The van der Waals surface area contributed by atoms with Crippen LogP contribution < -0.4 is 5.73 Å². The molecule has 0 saturated carbocycles. The summed E-state index contributed by atoms with van der Waals surface area (Å²) >= 11 is 0. The zero-order valence-electron chi connectivity index (χ0n) is 11.8. The first kappa shape index (κ1) is 14.8. The predicted molar refractivity (Wildman–Crippen MR) is 71.0 cm³/mol. The van der Waals surface area contributed by atoms with Gasteiger partial charge < -0.3 is 5.73 Å². The number of aromatic nitrogens is 3. The molecule has 1 atom stereocenters. The molecule has 1 unspecified atom stereocenters. The lowest BCUT2D eigenvalue weighted by Crippen LogP contribution is -2.30. The van der Waals surface area contributed by atoms with E-state index in [4.69, 9.17) is 5.73 Å². The Morgan fingerprint density at radius 2 is 2.06 bits per heavy atom. The van der Waals surface area contributed by atoms with Crippen LogP contribution in [0.4, 0.5) is 0 Å². The third kappa shape index (κ3) is 4.56. The second kappa shape index (κ2) is 6.64. The fraction of sp³-hybridized carbons (Fsp3) is 0.769. The summed E-state index contributed by atoms with van der Waals surface area (Å²) in [4.78, 5) is 16.1. The lowest BCUT2D eigenvalue weighted by atomic mass is 9.98. The van der Waals surface area contributed by atoms with Crippen molar-refractivity contribution in [1.82, 2.24) is 14.8 Å². The minimum absolute atomic E-state index is 0.0704. The van der Waals surface area contributed by atoms with Gasteiger partial charge in [-0.15, -0.1) is 0 Å². The van der Waals surface area contributed by atoms with E-state index >= 15 is 0 Å². The number of nitrogens with two attached hydrogens (primary N) is 1. The molecule has 0 fully saturated rings. The summed E-state index contributed by atoms with van der Waals surface area (Å²) in [5.74, 6) is 1.68. The van der Waals surface area contributed by atoms with Crippen molar-refractivity contribution >= 4 is 5.78 Å². The van der Waals surface area contributed by atoms with Crippen LogP contribution in [0.25, 0.3) is 0 Å². The van der Waals surface area contributed by atoms with Crippen LogP contribution >= 0.6 is 0 Å². The number of Topliss-reactive ketones (excluding diaryl/α,β-unsaturated/α-hetero) is 1. The van der Waals surface area contributed by atoms with E-state index in [2.05, 4.69) is 23.9 Å². The van der Waals surface area contributed by atoms with Crippen molar-refractivity contribution in [1.29, 1.82) is 0 Å². The molecule has 0 aromatic carbocycles. The number of hydrogen-bond acceptors (Lipinski definition) is 4. The zero-order chi connectivity index (χ0) is 13.7. The Morgan fingerprint density at radius 1 is 1.39 bits per heavy atom. The monoisotopic (exact) mass is 252 g/mol. The van der Waals surface area contributed by atoms with Crippen molar-refractivity contribution in [3.05, 3.63) is 12.2 Å². The van der Waals surface area contributed by atoms with Gasteiger partial charge in [-0.25, -0.2) is 9.67 Å². The van der Waals surface area contributed by atoms with Crippen LogP contribution in [0.3, 0.4) is 0 Å². The molecule has 18 heavy (non-hydrogen) atoms. The Bertz CT molecular complexity index is 384. The average molecular weight is 252 g/mol. The summed E-state index contributed by atoms with van der Waals surface area (Å²) < 4.78 is 1.81. The highest BCUT2D eigenvalue weighted by Crippen LogP contribution is 2.07. The molecule has 0 radical (unpaired) electrons. The molecule has 0 saturated heterocycles. The summed E-state index contributed by atoms with van der Waals surface area (Å²) in [7, 11) is 0. The molecular weight excluding hydrogens is 228 g/mol. The van der Waals surface area contributed by atoms with Crippen molar-refractivity contribution in [2.24, 2.45) is 17.6 Å². The molecule has 0 bridgehead atoms. The second-order valence-electron chi connectivity index (χ2n) is 5.58. The van der Waals surface area contributed by atoms with Gasteiger partial charge in [0.15, 0.2) is 0 Å². The van der Waals surface area contributed by atoms with E-state index < -0.39 is 0 Å². The van der Waals surface area contributed by atoms with Gasteiger partial charge in [0.2, 0.25) is 0 Å². The van der Waals surface area contributed by atoms with Gasteiger partial charge in [-0.05, 0) is 11.8 Å². The number of hydrogen-bond donors (Lipinski definition) is 1. The smallest absolute Gasteiger partial charge is 0.142 e. The topological polar surface area (TPSA) is 73.8 Å². The first-order valence-electron chi connectivity index (χ1n) is 6.54. The van der Waals surface area contributed by atoms with Gasteiger partial charge >= 0.3 is 0 Å². The number of carbonyl (C=O) groups excluding carboxylic acids is 1. The highest BCUT2D eigenvalue weighted by molar-refractivity contribution is 5.80. The Kier molecular flexibility index (Phi) is 5.47. The fourth-order valence-corrected chi connectivity index (χ4v) is 1.67. The van der Waals surface area contributed by atoms with Crippen molar-refractivity contribution in [2.75, 3.05) is 0 Å². The molecule has 5 nitrogen and oxygen atoms in total. The molecule has 0 amide bonds. The first-order chi connectivity index (χ1) is 8.40. The lowest BCUT2D eigenvalue weighted by Gasteiger charge is -2.14. The van der Waals surface area contributed by atoms with E-state index in [-0.39, 0.29) is 11.8 Å². The maximum Gasteiger partial charge on any atom is 0.142 e. The van der Waals surface area contributed by atoms with Gasteiger partial charge in [-0.3, -0.25) is 4.79 Å². The third-order valence-electron chi connectivity index (χ3n) is 2.91. The van der Waals surface area contributed by atoms with Gasteiger partial charge in [-0.2, -0.15) is 5.10 Å². The molecule has 1 aromatic heterocycles. The number of rotatable bonds is 7. The maximum atomic E-state index is 11.9. The largest absolute Gasteiger partial charge is 0.327 e. The van der Waals surface area contributed by atoms with Crippen LogP contribution in [0.5, 0.6) is 0 Å². The molecule has 102 valence electrons. The van der Waals surface area contributed by atoms with Gasteiger partial charge in [-0.1, -0.05) is 27.7 Å². The van der Waals surface area contributed by atoms with E-state index in [1.807, 2.05) is 18.5 Å². The number of carbonyl (C=O) groups is 1. The highest BCUT2D eigenvalue weighted by atomic mass is 16.1. The van der Waals surface area contributed by atoms with E-state index in [1.165, 1.54) is 6.33 Å². The van der Waals surface area contributed by atoms with Crippen LogP contribution in [-0.4, -0.2) is 26.6 Å². The third-order valence-corrected chi connectivity index (χ3v) is 2.91. The van der Waals surface area contributed by atoms with Crippen molar-refractivity contribution in [3.8, 4) is 0 Å². The minimum Gasteiger partial charge on any atom is -0.327 e. The van der Waals surface area contributed by atoms with Crippen LogP contribution in [0.1, 0.15) is 39.9 Å². The molecule has 0 aliphatic heterocycles. The predicted octanol–water partition coefficient (Wildman–Crippen LogP) is 1.42. The average Bonchev–Trinajstić information content (AvgIpc) is 2.64. The quantitative estimate of drug-likeness (QED) is 0.796. The van der Waals surface area contributed by atoms with Gasteiger partial charge in [0.05, 0.1) is 6.42 Å². The van der Waals surface area contributed by atoms with Crippen molar-refractivity contribution in [3.63, 3.8) is 0 Å². The van der Waals surface area contributed by atoms with Gasteiger partial charge in [0.1, 0.15) is 17.9 Å². The highest BCUT2D eigenvalue weighted by Gasteiger charge is 2.16. The molecular formula is C13H24N4O. The molecule has 0 spiro atoms. The second-order valence-corrected chi connectivity index (χ2v) is 5.58. The molecule has 0 aliphatic rings. The van der Waals surface area contributed by atoms with E-state index in [9.17, 15) is 4.79 Å². The maximum absolute atomic E-state index is 11.9. The van der Waals surface area contributed by atoms with E-state index in [1.54, 1.807) is 0 Å². The Hall–Kier alpha value is -1.23. The van der Waals surface area contributed by atoms with Crippen LogP contribution in [-0.2, 0) is 17.8 Å². The summed E-state index contributed by atoms with van der Waals surface area (Å²) in [5, 5.41) is 4.15. The van der Waals surface area contributed by atoms with Crippen LogP contribution in [0, 0.1) is 11.8 Å². The van der Waals surface area contributed by atoms with Crippen molar-refractivity contribution < 1.29 is 4.79 Å². The molecule has 1 rings (SSSR count). The molecule has 1 heterocycles. The zero-order valence-corrected chi connectivity index (χ0v) is 11.8. The summed E-state index contributed by atoms with van der Waals surface area (Å²) in [6.07, 6.45) is 2.24. The van der Waals surface area contributed by atoms with Gasteiger partial charge in [0, 0.05) is 19.0 Å². The SMILES string of the molecule is CC(C)Cn1ncnc1CC(=O)CC(N)C(C)C. The number of ketones is 1. The van der Waals surface area contributed by atoms with Crippen LogP contribution in [0.15, 0.2) is 6.33 Å². The van der Waals surface area contributed by atoms with Crippen LogP contribution in [0.2, 0.25) is 0 Å². The normalized spacial score (nSPS) is 13.3. The van der Waals surface area contributed by atoms with Gasteiger partial charge in [0.25, 0.3) is 0 Å². The lowest BCUT2D eigenvalue weighted by molar-refractivity contribution is -0.119. The first-order valence-corrected chi connectivity index (χ1v) is 6.54. The number of nitrogens with zero attached hydrogens (tertiary/aromatic N) is 3. The Labute approximate surface area is 109 Å². The Balaban J connectivity index is 2.57. The molecule has 5 heteroatoms. The van der Waals surface area contributed by atoms with E-state index in [0.29, 0.717) is 24.7 Å². The summed E-state index contributed by atoms with van der Waals surface area (Å²) in [6, 6.07) is -0.0704. The fourth-order valence-electron chi connectivity index (χ4n) is 1.67. The Morgan fingerprint density at radius 3 is 2.61 bits per heavy atom. The molecule has 0 aliphatic carbocycles. The minimum atomic E-state index is -0.0704. The standard InChI is InChI=1S/C13H24N4O/c1-9(2)7-17-13(15-8-16-17)6-11(18)5-12(14)10(3)4/h8-10,12H,5-7,14H2,1-4H3. The van der Waals surface area contributed by atoms with E-state index in [0.717, 1.165) is 12.4 Å². The molecule has 1 aromatic rings. The summed E-state index contributed by atoms with van der Waals surface area (Å²) in [6.45, 7) is 9.07.